The van der Waals surface area contributed by atoms with E-state index in [1.165, 1.54) is 21.9 Å². The third-order valence-corrected chi connectivity index (χ3v) is 4.70. The van der Waals surface area contributed by atoms with Crippen LogP contribution in [0.4, 0.5) is 8.78 Å². The summed E-state index contributed by atoms with van der Waals surface area (Å²) in [7, 11) is 0. The second-order valence-corrected chi connectivity index (χ2v) is 6.29. The van der Waals surface area contributed by atoms with E-state index >= 15 is 0 Å². The maximum absolute atomic E-state index is 13.0. The lowest BCUT2D eigenvalue weighted by atomic mass is 10.1. The zero-order chi connectivity index (χ0) is 12.4. The summed E-state index contributed by atoms with van der Waals surface area (Å²) in [6.07, 6.45) is 0.650. The Kier molecular flexibility index (Phi) is 3.94. The van der Waals surface area contributed by atoms with Gasteiger partial charge in [-0.3, -0.25) is 0 Å². The molecule has 2 rings (SSSR count). The molecule has 1 aromatic carbocycles. The molecule has 0 N–H and O–H groups in total. The standard InChI is InChI=1S/C13H11BrF2S/c1-8-2-5-13(17-8)10(14)6-9-3-4-11(15)12(16)7-9/h2-5,7,10H,6H2,1H3. The van der Waals surface area contributed by atoms with E-state index < -0.39 is 11.6 Å². The minimum Gasteiger partial charge on any atom is -0.204 e. The van der Waals surface area contributed by atoms with Crippen LogP contribution in [0.5, 0.6) is 0 Å². The molecule has 0 aliphatic heterocycles. The minimum atomic E-state index is -0.799. The largest absolute Gasteiger partial charge is 0.204 e. The first-order chi connectivity index (χ1) is 8.06. The van der Waals surface area contributed by atoms with Gasteiger partial charge in [0.1, 0.15) is 0 Å². The second-order valence-electron chi connectivity index (χ2n) is 3.87. The fourth-order valence-electron chi connectivity index (χ4n) is 1.60. The summed E-state index contributed by atoms with van der Waals surface area (Å²) in [5, 5.41) is 0. The summed E-state index contributed by atoms with van der Waals surface area (Å²) >= 11 is 5.28. The van der Waals surface area contributed by atoms with Gasteiger partial charge in [-0.05, 0) is 43.2 Å². The monoisotopic (exact) mass is 316 g/mol. The number of alkyl halides is 1. The molecule has 1 atom stereocenters. The highest BCUT2D eigenvalue weighted by Gasteiger charge is 2.12. The maximum atomic E-state index is 13.0. The molecule has 0 saturated heterocycles. The van der Waals surface area contributed by atoms with Crippen LogP contribution in [0.15, 0.2) is 30.3 Å². The van der Waals surface area contributed by atoms with Gasteiger partial charge in [-0.1, -0.05) is 22.0 Å². The fraction of sp³-hybridized carbons (Fsp3) is 0.231. The van der Waals surface area contributed by atoms with Crippen molar-refractivity contribution in [3.63, 3.8) is 0 Å². The SMILES string of the molecule is Cc1ccc(C(Br)Cc2ccc(F)c(F)c2)s1. The highest BCUT2D eigenvalue weighted by Crippen LogP contribution is 2.32. The normalized spacial score (nSPS) is 12.7. The van der Waals surface area contributed by atoms with E-state index in [-0.39, 0.29) is 4.83 Å². The van der Waals surface area contributed by atoms with E-state index in [4.69, 9.17) is 0 Å². The number of thiophene rings is 1. The van der Waals surface area contributed by atoms with Crippen LogP contribution in [0.2, 0.25) is 0 Å². The van der Waals surface area contributed by atoms with Crippen LogP contribution in [0.25, 0.3) is 0 Å². The van der Waals surface area contributed by atoms with E-state index in [9.17, 15) is 8.78 Å². The summed E-state index contributed by atoms with van der Waals surface area (Å²) < 4.78 is 25.8. The third kappa shape index (κ3) is 3.13. The molecule has 1 aromatic heterocycles. The first-order valence-electron chi connectivity index (χ1n) is 5.20. The third-order valence-electron chi connectivity index (χ3n) is 2.47. The Morgan fingerprint density at radius 2 is 1.94 bits per heavy atom. The molecule has 17 heavy (non-hydrogen) atoms. The Hall–Kier alpha value is -0.740. The lowest BCUT2D eigenvalue weighted by molar-refractivity contribution is 0.507. The van der Waals surface area contributed by atoms with Crippen LogP contribution in [0, 0.1) is 18.6 Å². The van der Waals surface area contributed by atoms with Gasteiger partial charge in [-0.25, -0.2) is 8.78 Å². The van der Waals surface area contributed by atoms with Crippen molar-refractivity contribution in [2.24, 2.45) is 0 Å². The Labute approximate surface area is 111 Å². The van der Waals surface area contributed by atoms with Crippen molar-refractivity contribution < 1.29 is 8.78 Å². The molecular formula is C13H11BrF2S. The van der Waals surface area contributed by atoms with Crippen molar-refractivity contribution >= 4 is 27.3 Å². The summed E-state index contributed by atoms with van der Waals surface area (Å²) in [5.41, 5.74) is 0.789. The molecule has 0 aliphatic rings. The maximum Gasteiger partial charge on any atom is 0.159 e. The zero-order valence-corrected chi connectivity index (χ0v) is 11.6. The van der Waals surface area contributed by atoms with Crippen molar-refractivity contribution in [3.8, 4) is 0 Å². The minimum absolute atomic E-state index is 0.145. The molecule has 0 fully saturated rings. The van der Waals surface area contributed by atoms with Gasteiger partial charge in [0.25, 0.3) is 0 Å². The van der Waals surface area contributed by atoms with Gasteiger partial charge in [0.15, 0.2) is 11.6 Å². The van der Waals surface area contributed by atoms with Gasteiger partial charge >= 0.3 is 0 Å². The van der Waals surface area contributed by atoms with E-state index in [2.05, 4.69) is 28.1 Å². The molecule has 0 amide bonds. The van der Waals surface area contributed by atoms with Gasteiger partial charge in [-0.15, -0.1) is 11.3 Å². The van der Waals surface area contributed by atoms with Crippen molar-refractivity contribution in [1.29, 1.82) is 0 Å². The Bertz CT molecular complexity index is 522. The van der Waals surface area contributed by atoms with Gasteiger partial charge in [0, 0.05) is 9.75 Å². The predicted octanol–water partition coefficient (Wildman–Crippen LogP) is 5.01. The summed E-state index contributed by atoms with van der Waals surface area (Å²) in [5.74, 6) is -1.59. The van der Waals surface area contributed by atoms with Crippen molar-refractivity contribution in [1.82, 2.24) is 0 Å². The summed E-state index contributed by atoms with van der Waals surface area (Å²) in [6, 6.07) is 8.15. The molecule has 0 aliphatic carbocycles. The second kappa shape index (κ2) is 5.27. The molecule has 0 saturated carbocycles. The molecule has 0 spiro atoms. The predicted molar refractivity (Wildman–Crippen MR) is 70.8 cm³/mol. The Balaban J connectivity index is 2.12. The van der Waals surface area contributed by atoms with Crippen LogP contribution in [-0.4, -0.2) is 0 Å². The average Bonchev–Trinajstić information content (AvgIpc) is 2.70. The zero-order valence-electron chi connectivity index (χ0n) is 9.21. The van der Waals surface area contributed by atoms with Crippen LogP contribution in [-0.2, 0) is 6.42 Å². The molecule has 0 radical (unpaired) electrons. The average molecular weight is 317 g/mol. The van der Waals surface area contributed by atoms with Crippen LogP contribution in [0.1, 0.15) is 20.1 Å². The Morgan fingerprint density at radius 3 is 2.53 bits per heavy atom. The van der Waals surface area contributed by atoms with Gasteiger partial charge in [0.05, 0.1) is 4.83 Å². The topological polar surface area (TPSA) is 0 Å². The first kappa shape index (κ1) is 12.7. The molecule has 1 unspecified atom stereocenters. The van der Waals surface area contributed by atoms with E-state index in [0.29, 0.717) is 6.42 Å². The van der Waals surface area contributed by atoms with Crippen molar-refractivity contribution in [2.45, 2.75) is 18.2 Å². The number of halogens is 3. The highest BCUT2D eigenvalue weighted by molar-refractivity contribution is 9.09. The van der Waals surface area contributed by atoms with Crippen molar-refractivity contribution in [2.75, 3.05) is 0 Å². The number of benzene rings is 1. The van der Waals surface area contributed by atoms with Crippen LogP contribution < -0.4 is 0 Å². The summed E-state index contributed by atoms with van der Waals surface area (Å²) in [4.78, 5) is 2.59. The van der Waals surface area contributed by atoms with Gasteiger partial charge in [-0.2, -0.15) is 0 Å². The molecule has 4 heteroatoms. The van der Waals surface area contributed by atoms with Gasteiger partial charge < -0.3 is 0 Å². The number of hydrogen-bond donors (Lipinski definition) is 0. The quantitative estimate of drug-likeness (QED) is 0.698. The van der Waals surface area contributed by atoms with Gasteiger partial charge in [0.2, 0.25) is 0 Å². The molecule has 1 heterocycles. The lowest BCUT2D eigenvalue weighted by Gasteiger charge is -2.08. The fourth-order valence-corrected chi connectivity index (χ4v) is 3.26. The number of hydrogen-bond acceptors (Lipinski definition) is 1. The molecule has 0 bridgehead atoms. The van der Waals surface area contributed by atoms with Crippen molar-refractivity contribution in [3.05, 3.63) is 57.3 Å². The van der Waals surface area contributed by atoms with E-state index in [1.54, 1.807) is 17.4 Å². The molecule has 90 valence electrons. The first-order valence-corrected chi connectivity index (χ1v) is 6.94. The van der Waals surface area contributed by atoms with E-state index in [0.717, 1.165) is 5.56 Å². The van der Waals surface area contributed by atoms with Crippen LogP contribution in [0.3, 0.4) is 0 Å². The Morgan fingerprint density at radius 1 is 1.18 bits per heavy atom. The lowest BCUT2D eigenvalue weighted by Crippen LogP contribution is -1.95. The molecule has 0 nitrogen and oxygen atoms in total. The van der Waals surface area contributed by atoms with Crippen LogP contribution >= 0.6 is 27.3 Å². The number of rotatable bonds is 3. The summed E-state index contributed by atoms with van der Waals surface area (Å²) in [6.45, 7) is 2.05. The smallest absolute Gasteiger partial charge is 0.159 e. The van der Waals surface area contributed by atoms with E-state index in [1.807, 2.05) is 6.92 Å². The molecular weight excluding hydrogens is 306 g/mol. The highest BCUT2D eigenvalue weighted by atomic mass is 79.9. The molecule has 2 aromatic rings. The number of aryl methyl sites for hydroxylation is 1.